The van der Waals surface area contributed by atoms with Crippen LogP contribution >= 0.6 is 0 Å². The number of methoxy groups -OCH3 is 1. The van der Waals surface area contributed by atoms with Gasteiger partial charge in [0.05, 0.1) is 19.0 Å². The molecule has 0 saturated carbocycles. The fraction of sp³-hybridized carbons (Fsp3) is 0.143. The van der Waals surface area contributed by atoms with E-state index in [-0.39, 0.29) is 5.91 Å². The first-order valence-corrected chi connectivity index (χ1v) is 5.77. The maximum Gasteiger partial charge on any atom is 0.256 e. The van der Waals surface area contributed by atoms with Crippen molar-refractivity contribution in [3.8, 4) is 5.75 Å². The number of nitrogen functional groups attached to an aromatic ring is 1. The number of nitrogens with zero attached hydrogens (tertiary/aromatic N) is 1. The van der Waals surface area contributed by atoms with Gasteiger partial charge in [0, 0.05) is 5.56 Å². The second kappa shape index (κ2) is 5.39. The number of carbonyl (C=O) groups is 1. The van der Waals surface area contributed by atoms with Gasteiger partial charge < -0.3 is 15.8 Å². The van der Waals surface area contributed by atoms with Crippen molar-refractivity contribution in [3.05, 3.63) is 47.7 Å². The molecule has 98 valence electrons. The highest BCUT2D eigenvalue weighted by atomic mass is 16.5. The molecule has 0 unspecified atom stereocenters. The average molecular weight is 257 g/mol. The standard InChI is InChI=1S/C14H15N3O2/c1-9-6-13(16-8-12(9)15)17-14(18)10-4-3-5-11(7-10)19-2/h3-8H,15H2,1-2H3,(H,16,17,18). The lowest BCUT2D eigenvalue weighted by atomic mass is 10.2. The molecule has 0 spiro atoms. The fourth-order valence-electron chi connectivity index (χ4n) is 1.59. The Bertz CT molecular complexity index is 611. The van der Waals surface area contributed by atoms with Gasteiger partial charge in [-0.2, -0.15) is 0 Å². The summed E-state index contributed by atoms with van der Waals surface area (Å²) >= 11 is 0. The van der Waals surface area contributed by atoms with Crippen LogP contribution in [-0.4, -0.2) is 18.0 Å². The highest BCUT2D eigenvalue weighted by Crippen LogP contribution is 2.16. The van der Waals surface area contributed by atoms with Crippen LogP contribution in [0.5, 0.6) is 5.75 Å². The quantitative estimate of drug-likeness (QED) is 0.884. The van der Waals surface area contributed by atoms with Crippen LogP contribution in [0.25, 0.3) is 0 Å². The molecule has 0 fully saturated rings. The van der Waals surface area contributed by atoms with Crippen LogP contribution in [0.4, 0.5) is 11.5 Å². The molecule has 1 aromatic carbocycles. The number of benzene rings is 1. The Morgan fingerprint density at radius 3 is 2.84 bits per heavy atom. The van der Waals surface area contributed by atoms with Gasteiger partial charge in [-0.15, -0.1) is 0 Å². The fourth-order valence-corrected chi connectivity index (χ4v) is 1.59. The topological polar surface area (TPSA) is 77.2 Å². The molecule has 0 aliphatic carbocycles. The molecule has 3 N–H and O–H groups in total. The lowest BCUT2D eigenvalue weighted by molar-refractivity contribution is 0.102. The largest absolute Gasteiger partial charge is 0.497 e. The van der Waals surface area contributed by atoms with Crippen molar-refractivity contribution in [2.24, 2.45) is 0 Å². The molecular weight excluding hydrogens is 242 g/mol. The maximum atomic E-state index is 12.0. The first kappa shape index (κ1) is 12.9. The molecule has 1 amide bonds. The van der Waals surface area contributed by atoms with Crippen LogP contribution in [-0.2, 0) is 0 Å². The predicted octanol–water partition coefficient (Wildman–Crippen LogP) is 2.23. The van der Waals surface area contributed by atoms with Crippen LogP contribution in [0.3, 0.4) is 0 Å². The number of hydrogen-bond donors (Lipinski definition) is 2. The number of hydrogen-bond acceptors (Lipinski definition) is 4. The summed E-state index contributed by atoms with van der Waals surface area (Å²) in [4.78, 5) is 16.1. The van der Waals surface area contributed by atoms with Gasteiger partial charge in [0.2, 0.25) is 0 Å². The molecule has 2 aromatic rings. The van der Waals surface area contributed by atoms with Crippen LogP contribution in [0.15, 0.2) is 36.5 Å². The molecular formula is C14H15N3O2. The van der Waals surface area contributed by atoms with E-state index in [1.54, 1.807) is 37.4 Å². The first-order valence-electron chi connectivity index (χ1n) is 5.77. The van der Waals surface area contributed by atoms with E-state index in [1.807, 2.05) is 6.92 Å². The summed E-state index contributed by atoms with van der Waals surface area (Å²) in [5.41, 5.74) is 7.65. The molecule has 19 heavy (non-hydrogen) atoms. The number of ether oxygens (including phenoxy) is 1. The van der Waals surface area contributed by atoms with E-state index in [0.717, 1.165) is 5.56 Å². The third-order valence-corrected chi connectivity index (χ3v) is 2.72. The van der Waals surface area contributed by atoms with Gasteiger partial charge in [-0.25, -0.2) is 4.98 Å². The molecule has 1 heterocycles. The van der Waals surface area contributed by atoms with Crippen LogP contribution in [0.1, 0.15) is 15.9 Å². The number of aromatic nitrogens is 1. The number of nitrogens with one attached hydrogen (secondary N) is 1. The van der Waals surface area contributed by atoms with Gasteiger partial charge in [0.25, 0.3) is 5.91 Å². The summed E-state index contributed by atoms with van der Waals surface area (Å²) in [6.45, 7) is 1.86. The van der Waals surface area contributed by atoms with Crippen molar-refractivity contribution in [1.82, 2.24) is 4.98 Å². The SMILES string of the molecule is COc1cccc(C(=O)Nc2cc(C)c(N)cn2)c1. The monoisotopic (exact) mass is 257 g/mol. The van der Waals surface area contributed by atoms with Crippen LogP contribution in [0.2, 0.25) is 0 Å². The minimum Gasteiger partial charge on any atom is -0.497 e. The summed E-state index contributed by atoms with van der Waals surface area (Å²) in [7, 11) is 1.56. The number of amides is 1. The Hall–Kier alpha value is -2.56. The Kier molecular flexibility index (Phi) is 3.66. The van der Waals surface area contributed by atoms with Gasteiger partial charge in [-0.1, -0.05) is 6.07 Å². The molecule has 5 nitrogen and oxygen atoms in total. The number of pyridine rings is 1. The van der Waals surface area contributed by atoms with Crippen molar-refractivity contribution >= 4 is 17.4 Å². The molecule has 0 radical (unpaired) electrons. The molecule has 1 aromatic heterocycles. The Morgan fingerprint density at radius 2 is 2.16 bits per heavy atom. The number of rotatable bonds is 3. The van der Waals surface area contributed by atoms with Gasteiger partial charge >= 0.3 is 0 Å². The lowest BCUT2D eigenvalue weighted by Gasteiger charge is -2.07. The van der Waals surface area contributed by atoms with E-state index >= 15 is 0 Å². The number of anilines is 2. The highest BCUT2D eigenvalue weighted by molar-refractivity contribution is 6.04. The van der Waals surface area contributed by atoms with Crippen molar-refractivity contribution in [2.75, 3.05) is 18.2 Å². The van der Waals surface area contributed by atoms with Gasteiger partial charge in [-0.3, -0.25) is 4.79 Å². The Labute approximate surface area is 111 Å². The zero-order valence-electron chi connectivity index (χ0n) is 10.8. The Morgan fingerprint density at radius 1 is 1.37 bits per heavy atom. The minimum absolute atomic E-state index is 0.240. The maximum absolute atomic E-state index is 12.0. The smallest absolute Gasteiger partial charge is 0.256 e. The van der Waals surface area contributed by atoms with E-state index in [0.29, 0.717) is 22.8 Å². The highest BCUT2D eigenvalue weighted by Gasteiger charge is 2.08. The molecule has 5 heteroatoms. The van der Waals surface area contributed by atoms with E-state index < -0.39 is 0 Å². The van der Waals surface area contributed by atoms with E-state index in [9.17, 15) is 4.79 Å². The van der Waals surface area contributed by atoms with Crippen molar-refractivity contribution in [3.63, 3.8) is 0 Å². The third kappa shape index (κ3) is 3.01. The first-order chi connectivity index (χ1) is 9.10. The number of nitrogens with two attached hydrogens (primary N) is 1. The van der Waals surface area contributed by atoms with E-state index in [1.165, 1.54) is 6.20 Å². The summed E-state index contributed by atoms with van der Waals surface area (Å²) in [6, 6.07) is 8.65. The lowest BCUT2D eigenvalue weighted by Crippen LogP contribution is -2.13. The minimum atomic E-state index is -0.240. The molecule has 0 saturated heterocycles. The summed E-state index contributed by atoms with van der Waals surface area (Å²) in [6.07, 6.45) is 1.52. The predicted molar refractivity (Wildman–Crippen MR) is 74.3 cm³/mol. The van der Waals surface area contributed by atoms with Gasteiger partial charge in [0.1, 0.15) is 11.6 Å². The van der Waals surface area contributed by atoms with Crippen molar-refractivity contribution < 1.29 is 9.53 Å². The number of aryl methyl sites for hydroxylation is 1. The zero-order chi connectivity index (χ0) is 13.8. The third-order valence-electron chi connectivity index (χ3n) is 2.72. The molecule has 0 atom stereocenters. The summed E-state index contributed by atoms with van der Waals surface area (Å²) in [5, 5.41) is 2.72. The zero-order valence-corrected chi connectivity index (χ0v) is 10.8. The van der Waals surface area contributed by atoms with Crippen molar-refractivity contribution in [2.45, 2.75) is 6.92 Å². The molecule has 2 rings (SSSR count). The Balaban J connectivity index is 2.18. The van der Waals surface area contributed by atoms with Crippen LogP contribution < -0.4 is 15.8 Å². The second-order valence-electron chi connectivity index (χ2n) is 4.11. The number of carbonyl (C=O) groups excluding carboxylic acids is 1. The average Bonchev–Trinajstić information content (AvgIpc) is 2.43. The normalized spacial score (nSPS) is 10.0. The molecule has 0 bridgehead atoms. The van der Waals surface area contributed by atoms with Crippen molar-refractivity contribution in [1.29, 1.82) is 0 Å². The van der Waals surface area contributed by atoms with E-state index in [2.05, 4.69) is 10.3 Å². The van der Waals surface area contributed by atoms with Gasteiger partial charge in [0.15, 0.2) is 0 Å². The summed E-state index contributed by atoms with van der Waals surface area (Å²) < 4.78 is 5.08. The van der Waals surface area contributed by atoms with E-state index in [4.69, 9.17) is 10.5 Å². The molecule has 0 aliphatic rings. The van der Waals surface area contributed by atoms with Gasteiger partial charge in [-0.05, 0) is 36.8 Å². The second-order valence-corrected chi connectivity index (χ2v) is 4.11. The molecule has 0 aliphatic heterocycles. The summed E-state index contributed by atoms with van der Waals surface area (Å²) in [5.74, 6) is 0.865. The van der Waals surface area contributed by atoms with Crippen LogP contribution in [0, 0.1) is 6.92 Å².